The quantitative estimate of drug-likeness (QED) is 0.374. The number of ether oxygens (including phenoxy) is 1. The van der Waals surface area contributed by atoms with Crippen LogP contribution in [0.1, 0.15) is 21.6 Å². The van der Waals surface area contributed by atoms with Gasteiger partial charge in [0, 0.05) is 66.7 Å². The van der Waals surface area contributed by atoms with Crippen molar-refractivity contribution in [1.82, 2.24) is 20.3 Å². The van der Waals surface area contributed by atoms with Gasteiger partial charge in [0.1, 0.15) is 5.82 Å². The third kappa shape index (κ3) is 5.01. The Morgan fingerprint density at radius 1 is 0.946 bits per heavy atom. The number of amides is 2. The summed E-state index contributed by atoms with van der Waals surface area (Å²) in [4.78, 5) is 39.2. The highest BCUT2D eigenvalue weighted by Gasteiger charge is 2.15. The van der Waals surface area contributed by atoms with Gasteiger partial charge in [0.25, 0.3) is 5.91 Å². The molecule has 0 saturated carbocycles. The van der Waals surface area contributed by atoms with Gasteiger partial charge in [0.15, 0.2) is 0 Å². The van der Waals surface area contributed by atoms with Crippen LogP contribution in [-0.2, 0) is 6.42 Å². The van der Waals surface area contributed by atoms with Crippen LogP contribution in [0.2, 0.25) is 0 Å². The van der Waals surface area contributed by atoms with E-state index < -0.39 is 6.09 Å². The maximum Gasteiger partial charge on any atom is 0.413 e. The van der Waals surface area contributed by atoms with Crippen molar-refractivity contribution >= 4 is 45.2 Å². The van der Waals surface area contributed by atoms with Crippen molar-refractivity contribution in [3.63, 3.8) is 0 Å². The zero-order valence-corrected chi connectivity index (χ0v) is 20.3. The Kier molecular flexibility index (Phi) is 6.34. The fourth-order valence-corrected chi connectivity index (χ4v) is 4.09. The van der Waals surface area contributed by atoms with Gasteiger partial charge in [0.05, 0.1) is 5.52 Å². The number of nitrogen functional groups attached to an aromatic ring is 1. The van der Waals surface area contributed by atoms with Gasteiger partial charge >= 0.3 is 6.09 Å². The Morgan fingerprint density at radius 3 is 2.62 bits per heavy atom. The topological polar surface area (TPSA) is 123 Å². The van der Waals surface area contributed by atoms with Crippen LogP contribution in [0.25, 0.3) is 21.7 Å². The monoisotopic (exact) mass is 492 g/mol. The van der Waals surface area contributed by atoms with Crippen molar-refractivity contribution in [3.05, 3.63) is 95.9 Å². The van der Waals surface area contributed by atoms with E-state index in [0.717, 1.165) is 33.1 Å². The third-order valence-electron chi connectivity index (χ3n) is 6.05. The van der Waals surface area contributed by atoms with Gasteiger partial charge < -0.3 is 20.7 Å². The smallest absolute Gasteiger partial charge is 0.391 e. The van der Waals surface area contributed by atoms with Crippen LogP contribution in [0.15, 0.2) is 79.1 Å². The third-order valence-corrected chi connectivity index (χ3v) is 6.05. The number of hydrogen-bond donors (Lipinski definition) is 2. The van der Waals surface area contributed by atoms with Crippen molar-refractivity contribution < 1.29 is 14.3 Å². The zero-order chi connectivity index (χ0) is 25.9. The number of benzene rings is 2. The molecule has 184 valence electrons. The molecule has 0 atom stereocenters. The Labute approximate surface area is 212 Å². The van der Waals surface area contributed by atoms with Gasteiger partial charge in [-0.3, -0.25) is 9.78 Å². The molecule has 37 heavy (non-hydrogen) atoms. The first-order chi connectivity index (χ1) is 17.9. The average molecular weight is 493 g/mol. The molecule has 9 nitrogen and oxygen atoms in total. The molecule has 0 saturated heterocycles. The maximum absolute atomic E-state index is 13.3. The highest BCUT2D eigenvalue weighted by molar-refractivity contribution is 6.07. The molecule has 3 aromatic heterocycles. The number of nitrogens with zero attached hydrogens (tertiary/aromatic N) is 4. The molecule has 5 aromatic rings. The Hall–Kier alpha value is -5.05. The van der Waals surface area contributed by atoms with Gasteiger partial charge in [-0.2, -0.15) is 0 Å². The summed E-state index contributed by atoms with van der Waals surface area (Å²) in [5.41, 5.74) is 9.73. The number of fused-ring (bicyclic) bond motifs is 2. The van der Waals surface area contributed by atoms with E-state index in [2.05, 4.69) is 20.3 Å². The minimum absolute atomic E-state index is 0.142. The highest BCUT2D eigenvalue weighted by atomic mass is 16.6. The molecule has 0 aliphatic heterocycles. The second-order valence-electron chi connectivity index (χ2n) is 8.49. The van der Waals surface area contributed by atoms with Crippen molar-refractivity contribution in [2.24, 2.45) is 0 Å². The van der Waals surface area contributed by atoms with Crippen LogP contribution < -0.4 is 20.7 Å². The van der Waals surface area contributed by atoms with Crippen LogP contribution >= 0.6 is 0 Å². The summed E-state index contributed by atoms with van der Waals surface area (Å²) in [6.45, 7) is 0. The normalized spacial score (nSPS) is 10.9. The molecule has 0 fully saturated rings. The number of nitrogens with two attached hydrogens (primary N) is 1. The minimum Gasteiger partial charge on any atom is -0.391 e. The highest BCUT2D eigenvalue weighted by Crippen LogP contribution is 2.25. The first-order valence-electron chi connectivity index (χ1n) is 11.6. The fourth-order valence-electron chi connectivity index (χ4n) is 4.09. The molecular formula is C28H24N6O3. The minimum atomic E-state index is -0.572. The number of rotatable bonds is 5. The summed E-state index contributed by atoms with van der Waals surface area (Å²) >= 11 is 0. The Morgan fingerprint density at radius 2 is 1.78 bits per heavy atom. The van der Waals surface area contributed by atoms with Crippen LogP contribution in [0.5, 0.6) is 5.88 Å². The molecule has 0 bridgehead atoms. The standard InChI is InChI=1S/C28H24N6O3/c1-30-28(36)37-25-8-4-19-13-17(3-7-24(19)33-25)14-21-15-20(10-11-31-21)27(35)34(2)22-5-6-23-18(16-22)9-12-32-26(23)29/h3-13,15-16H,14H2,1-2H3,(H2,29,32)(H,30,36). The van der Waals surface area contributed by atoms with Gasteiger partial charge in [-0.1, -0.05) is 6.07 Å². The number of anilines is 2. The van der Waals surface area contributed by atoms with E-state index >= 15 is 0 Å². The van der Waals surface area contributed by atoms with E-state index in [0.29, 0.717) is 23.3 Å². The van der Waals surface area contributed by atoms with Crippen molar-refractivity contribution in [3.8, 4) is 5.88 Å². The molecule has 2 amide bonds. The Bertz CT molecular complexity index is 1650. The second kappa shape index (κ2) is 9.90. The van der Waals surface area contributed by atoms with Gasteiger partial charge in [0.2, 0.25) is 5.88 Å². The Balaban J connectivity index is 1.34. The van der Waals surface area contributed by atoms with Gasteiger partial charge in [-0.05, 0) is 65.5 Å². The van der Waals surface area contributed by atoms with E-state index in [1.54, 1.807) is 36.5 Å². The van der Waals surface area contributed by atoms with E-state index in [1.807, 2.05) is 54.6 Å². The summed E-state index contributed by atoms with van der Waals surface area (Å²) < 4.78 is 5.10. The lowest BCUT2D eigenvalue weighted by molar-refractivity contribution is 0.0992. The molecule has 3 heterocycles. The average Bonchev–Trinajstić information content (AvgIpc) is 2.92. The summed E-state index contributed by atoms with van der Waals surface area (Å²) in [5.74, 6) is 0.540. The van der Waals surface area contributed by atoms with Gasteiger partial charge in [-0.15, -0.1) is 0 Å². The molecule has 2 aromatic carbocycles. The number of carbonyl (C=O) groups is 2. The summed E-state index contributed by atoms with van der Waals surface area (Å²) in [7, 11) is 3.23. The molecule has 0 spiro atoms. The lowest BCUT2D eigenvalue weighted by atomic mass is 10.0. The molecule has 0 radical (unpaired) electrons. The number of nitrogens with one attached hydrogen (secondary N) is 1. The van der Waals surface area contributed by atoms with Crippen molar-refractivity contribution in [2.45, 2.75) is 6.42 Å². The number of aromatic nitrogens is 3. The number of pyridine rings is 3. The first-order valence-corrected chi connectivity index (χ1v) is 11.6. The van der Waals surface area contributed by atoms with Crippen molar-refractivity contribution in [2.75, 3.05) is 24.7 Å². The van der Waals surface area contributed by atoms with Gasteiger partial charge in [-0.25, -0.2) is 14.8 Å². The summed E-state index contributed by atoms with van der Waals surface area (Å²) in [5, 5.41) is 5.06. The van der Waals surface area contributed by atoms with E-state index in [1.165, 1.54) is 7.05 Å². The van der Waals surface area contributed by atoms with Crippen LogP contribution in [0.3, 0.4) is 0 Å². The lowest BCUT2D eigenvalue weighted by Gasteiger charge is -2.18. The second-order valence-corrected chi connectivity index (χ2v) is 8.49. The van der Waals surface area contributed by atoms with E-state index in [9.17, 15) is 9.59 Å². The predicted octanol–water partition coefficient (Wildman–Crippen LogP) is 4.35. The van der Waals surface area contributed by atoms with Crippen LogP contribution in [0.4, 0.5) is 16.3 Å². The maximum atomic E-state index is 13.3. The fraction of sp³-hybridized carbons (Fsp3) is 0.107. The molecule has 5 rings (SSSR count). The number of carbonyl (C=O) groups excluding carboxylic acids is 2. The molecule has 3 N–H and O–H groups in total. The summed E-state index contributed by atoms with van der Waals surface area (Å²) in [6, 6.07) is 20.3. The molecule has 0 unspecified atom stereocenters. The zero-order valence-electron chi connectivity index (χ0n) is 20.3. The number of hydrogen-bond acceptors (Lipinski definition) is 7. The van der Waals surface area contributed by atoms with E-state index in [4.69, 9.17) is 10.5 Å². The largest absolute Gasteiger partial charge is 0.413 e. The lowest BCUT2D eigenvalue weighted by Crippen LogP contribution is -2.26. The van der Waals surface area contributed by atoms with Crippen LogP contribution in [0, 0.1) is 0 Å². The molecule has 0 aliphatic rings. The molecule has 0 aliphatic carbocycles. The van der Waals surface area contributed by atoms with Crippen molar-refractivity contribution in [1.29, 1.82) is 0 Å². The molecular weight excluding hydrogens is 468 g/mol. The van der Waals surface area contributed by atoms with E-state index in [-0.39, 0.29) is 11.8 Å². The SMILES string of the molecule is CNC(=O)Oc1ccc2cc(Cc3cc(C(=O)N(C)c4ccc5c(N)nccc5c4)ccn3)ccc2n1. The molecule has 9 heteroatoms. The predicted molar refractivity (Wildman–Crippen MR) is 143 cm³/mol. The van der Waals surface area contributed by atoms with Crippen LogP contribution in [-0.4, -0.2) is 41.0 Å². The summed E-state index contributed by atoms with van der Waals surface area (Å²) in [6.07, 6.45) is 3.27. The first kappa shape index (κ1) is 23.7.